The maximum Gasteiger partial charge on any atom is 0.231 e. The van der Waals surface area contributed by atoms with Crippen molar-refractivity contribution in [3.63, 3.8) is 0 Å². The van der Waals surface area contributed by atoms with Gasteiger partial charge in [0.25, 0.3) is 0 Å². The molecule has 2 aromatic rings. The lowest BCUT2D eigenvalue weighted by molar-refractivity contribution is 0.174. The monoisotopic (exact) mass is 224 g/mol. The summed E-state index contributed by atoms with van der Waals surface area (Å²) in [6.07, 6.45) is 4.15. The molecule has 2 heteroatoms. The Morgan fingerprint density at radius 1 is 0.765 bits per heavy atom. The third kappa shape index (κ3) is 2.16. The first-order chi connectivity index (χ1) is 8.42. The molecule has 0 aliphatic carbocycles. The standard InChI is InChI=1S/C15H12O2/c1-2-4-12(5-3-1)6-7-13-8-9-14-15(10-13)17-11-16-14/h1-10H,11H2/b7-6+. The molecule has 0 spiro atoms. The highest BCUT2D eigenvalue weighted by Gasteiger charge is 2.11. The van der Waals surface area contributed by atoms with Crippen molar-refractivity contribution in [2.75, 3.05) is 6.79 Å². The van der Waals surface area contributed by atoms with Crippen LogP contribution in [0.5, 0.6) is 11.5 Å². The van der Waals surface area contributed by atoms with E-state index >= 15 is 0 Å². The van der Waals surface area contributed by atoms with Crippen LogP contribution >= 0.6 is 0 Å². The Morgan fingerprint density at radius 2 is 1.53 bits per heavy atom. The zero-order valence-corrected chi connectivity index (χ0v) is 9.30. The minimum Gasteiger partial charge on any atom is -0.454 e. The molecule has 2 nitrogen and oxygen atoms in total. The molecular formula is C15H12O2. The maximum absolute atomic E-state index is 5.34. The second kappa shape index (κ2) is 4.34. The van der Waals surface area contributed by atoms with Gasteiger partial charge in [-0.15, -0.1) is 0 Å². The number of fused-ring (bicyclic) bond motifs is 1. The molecule has 0 saturated carbocycles. The summed E-state index contributed by atoms with van der Waals surface area (Å²) < 4.78 is 10.6. The van der Waals surface area contributed by atoms with Crippen LogP contribution in [-0.4, -0.2) is 6.79 Å². The molecule has 0 amide bonds. The minimum atomic E-state index is 0.321. The van der Waals surface area contributed by atoms with E-state index in [2.05, 4.69) is 24.3 Å². The number of hydrogen-bond acceptors (Lipinski definition) is 2. The van der Waals surface area contributed by atoms with Gasteiger partial charge in [-0.1, -0.05) is 48.6 Å². The van der Waals surface area contributed by atoms with Gasteiger partial charge in [0.05, 0.1) is 0 Å². The van der Waals surface area contributed by atoms with Crippen molar-refractivity contribution >= 4 is 12.2 Å². The van der Waals surface area contributed by atoms with Gasteiger partial charge in [0.15, 0.2) is 11.5 Å². The van der Waals surface area contributed by atoms with Gasteiger partial charge in [-0.3, -0.25) is 0 Å². The first-order valence-electron chi connectivity index (χ1n) is 5.54. The smallest absolute Gasteiger partial charge is 0.231 e. The van der Waals surface area contributed by atoms with Gasteiger partial charge in [-0.2, -0.15) is 0 Å². The highest BCUT2D eigenvalue weighted by molar-refractivity contribution is 5.71. The second-order valence-electron chi connectivity index (χ2n) is 3.86. The van der Waals surface area contributed by atoms with E-state index in [-0.39, 0.29) is 0 Å². The van der Waals surface area contributed by atoms with Gasteiger partial charge in [0, 0.05) is 0 Å². The van der Waals surface area contributed by atoms with Crippen LogP contribution in [0.4, 0.5) is 0 Å². The van der Waals surface area contributed by atoms with Crippen molar-refractivity contribution < 1.29 is 9.47 Å². The molecule has 2 aromatic carbocycles. The van der Waals surface area contributed by atoms with Crippen LogP contribution in [0.2, 0.25) is 0 Å². The minimum absolute atomic E-state index is 0.321. The van der Waals surface area contributed by atoms with Crippen LogP contribution in [0.3, 0.4) is 0 Å². The van der Waals surface area contributed by atoms with Gasteiger partial charge < -0.3 is 9.47 Å². The third-order valence-corrected chi connectivity index (χ3v) is 2.66. The van der Waals surface area contributed by atoms with Crippen LogP contribution in [0.25, 0.3) is 12.2 Å². The topological polar surface area (TPSA) is 18.5 Å². The van der Waals surface area contributed by atoms with Crippen LogP contribution in [0.15, 0.2) is 48.5 Å². The van der Waals surface area contributed by atoms with E-state index in [1.165, 1.54) is 5.56 Å². The Morgan fingerprint density at radius 3 is 2.41 bits per heavy atom. The fraction of sp³-hybridized carbons (Fsp3) is 0.0667. The van der Waals surface area contributed by atoms with Crippen LogP contribution < -0.4 is 9.47 Å². The third-order valence-electron chi connectivity index (χ3n) is 2.66. The molecule has 0 radical (unpaired) electrons. The predicted molar refractivity (Wildman–Crippen MR) is 67.9 cm³/mol. The number of ether oxygens (including phenoxy) is 2. The van der Waals surface area contributed by atoms with Crippen LogP contribution in [0, 0.1) is 0 Å². The summed E-state index contributed by atoms with van der Waals surface area (Å²) in [7, 11) is 0. The van der Waals surface area contributed by atoms with Crippen molar-refractivity contribution in [3.8, 4) is 11.5 Å². The Hall–Kier alpha value is -2.22. The molecule has 0 saturated heterocycles. The van der Waals surface area contributed by atoms with Crippen molar-refractivity contribution in [3.05, 3.63) is 59.7 Å². The van der Waals surface area contributed by atoms with Crippen molar-refractivity contribution in [2.45, 2.75) is 0 Å². The normalized spacial score (nSPS) is 13.2. The second-order valence-corrected chi connectivity index (χ2v) is 3.86. The zero-order valence-electron chi connectivity index (χ0n) is 9.30. The van der Waals surface area contributed by atoms with Gasteiger partial charge >= 0.3 is 0 Å². The van der Waals surface area contributed by atoms with Gasteiger partial charge in [0.2, 0.25) is 6.79 Å². The summed E-state index contributed by atoms with van der Waals surface area (Å²) in [6.45, 7) is 0.321. The van der Waals surface area contributed by atoms with Crippen molar-refractivity contribution in [1.82, 2.24) is 0 Å². The maximum atomic E-state index is 5.34. The lowest BCUT2D eigenvalue weighted by atomic mass is 10.1. The molecular weight excluding hydrogens is 212 g/mol. The molecule has 0 aromatic heterocycles. The molecule has 17 heavy (non-hydrogen) atoms. The number of rotatable bonds is 2. The summed E-state index contributed by atoms with van der Waals surface area (Å²) in [4.78, 5) is 0. The Bertz CT molecular complexity index is 544. The fourth-order valence-electron chi connectivity index (χ4n) is 1.77. The zero-order chi connectivity index (χ0) is 11.5. The molecule has 3 rings (SSSR count). The Kier molecular flexibility index (Phi) is 2.54. The lowest BCUT2D eigenvalue weighted by Crippen LogP contribution is -1.92. The summed E-state index contributed by atoms with van der Waals surface area (Å²) in [5, 5.41) is 0. The van der Waals surface area contributed by atoms with E-state index < -0.39 is 0 Å². The van der Waals surface area contributed by atoms with Crippen molar-refractivity contribution in [1.29, 1.82) is 0 Å². The highest BCUT2D eigenvalue weighted by Crippen LogP contribution is 2.32. The number of hydrogen-bond donors (Lipinski definition) is 0. The van der Waals surface area contributed by atoms with E-state index in [1.54, 1.807) is 0 Å². The summed E-state index contributed by atoms with van der Waals surface area (Å²) in [5.74, 6) is 1.64. The quantitative estimate of drug-likeness (QED) is 0.726. The molecule has 0 atom stereocenters. The average Bonchev–Trinajstić information content (AvgIpc) is 2.85. The first-order valence-corrected chi connectivity index (χ1v) is 5.54. The number of benzene rings is 2. The molecule has 1 aliphatic heterocycles. The predicted octanol–water partition coefficient (Wildman–Crippen LogP) is 3.59. The van der Waals surface area contributed by atoms with E-state index in [0.717, 1.165) is 17.1 Å². The summed E-state index contributed by atoms with van der Waals surface area (Å²) >= 11 is 0. The largest absolute Gasteiger partial charge is 0.454 e. The van der Waals surface area contributed by atoms with Crippen molar-refractivity contribution in [2.24, 2.45) is 0 Å². The molecule has 0 bridgehead atoms. The molecule has 1 heterocycles. The lowest BCUT2D eigenvalue weighted by Gasteiger charge is -1.97. The van der Waals surface area contributed by atoms with Crippen LogP contribution in [-0.2, 0) is 0 Å². The summed E-state index contributed by atoms with van der Waals surface area (Å²) in [5.41, 5.74) is 2.29. The van der Waals surface area contributed by atoms with E-state index in [1.807, 2.05) is 36.4 Å². The average molecular weight is 224 g/mol. The van der Waals surface area contributed by atoms with E-state index in [0.29, 0.717) is 6.79 Å². The molecule has 0 unspecified atom stereocenters. The van der Waals surface area contributed by atoms with Gasteiger partial charge in [-0.05, 0) is 23.3 Å². The van der Waals surface area contributed by atoms with E-state index in [9.17, 15) is 0 Å². The molecule has 84 valence electrons. The first kappa shape index (κ1) is 9.97. The summed E-state index contributed by atoms with van der Waals surface area (Å²) in [6, 6.07) is 16.2. The SMILES string of the molecule is C(=C\c1ccc2c(c1)OCO2)/c1ccccc1. The van der Waals surface area contributed by atoms with E-state index in [4.69, 9.17) is 9.47 Å². The van der Waals surface area contributed by atoms with Gasteiger partial charge in [-0.25, -0.2) is 0 Å². The Balaban J connectivity index is 1.84. The molecule has 0 N–H and O–H groups in total. The fourth-order valence-corrected chi connectivity index (χ4v) is 1.77. The Labute approximate surface area is 100 Å². The molecule has 0 fully saturated rings. The van der Waals surface area contributed by atoms with Crippen LogP contribution in [0.1, 0.15) is 11.1 Å². The highest BCUT2D eigenvalue weighted by atomic mass is 16.7. The van der Waals surface area contributed by atoms with Gasteiger partial charge in [0.1, 0.15) is 0 Å². The molecule has 1 aliphatic rings.